The van der Waals surface area contributed by atoms with Gasteiger partial charge in [0, 0.05) is 31.5 Å². The number of rotatable bonds is 4. The first-order chi connectivity index (χ1) is 8.28. The molecule has 4 nitrogen and oxygen atoms in total. The van der Waals surface area contributed by atoms with Crippen LogP contribution in [0.1, 0.15) is 25.7 Å². The molecule has 1 spiro atoms. The summed E-state index contributed by atoms with van der Waals surface area (Å²) in [5, 5.41) is 17.6. The molecule has 2 aliphatic rings. The largest absolute Gasteiger partial charge is 0.381 e. The minimum Gasteiger partial charge on any atom is -0.381 e. The summed E-state index contributed by atoms with van der Waals surface area (Å²) < 4.78 is 5.49. The zero-order valence-corrected chi connectivity index (χ0v) is 10.2. The number of likely N-dealkylation sites (tertiary alicyclic amines) is 1. The molecule has 0 N–H and O–H groups in total. The van der Waals surface area contributed by atoms with Crippen molar-refractivity contribution in [1.29, 1.82) is 10.5 Å². The van der Waals surface area contributed by atoms with Gasteiger partial charge in [0.2, 0.25) is 0 Å². The Bertz CT molecular complexity index is 336. The van der Waals surface area contributed by atoms with Gasteiger partial charge in [-0.25, -0.2) is 0 Å². The standard InChI is InChI=1S/C13H19N3O/c14-5-1-2-12(8-15)9-16-6-3-13(10-16)4-7-17-11-13/h12H,1-4,6-7,9-11H2/t12-,13-/m0/s1. The minimum atomic E-state index is 0.00659. The van der Waals surface area contributed by atoms with E-state index in [9.17, 15) is 0 Å². The van der Waals surface area contributed by atoms with E-state index in [1.54, 1.807) is 0 Å². The first-order valence-corrected chi connectivity index (χ1v) is 6.35. The first-order valence-electron chi connectivity index (χ1n) is 6.35. The average molecular weight is 233 g/mol. The van der Waals surface area contributed by atoms with Crippen LogP contribution in [-0.4, -0.2) is 37.7 Å². The summed E-state index contributed by atoms with van der Waals surface area (Å²) in [7, 11) is 0. The maximum atomic E-state index is 9.06. The fourth-order valence-corrected chi connectivity index (χ4v) is 2.90. The molecule has 2 aliphatic heterocycles. The van der Waals surface area contributed by atoms with E-state index in [1.807, 2.05) is 0 Å². The lowest BCUT2D eigenvalue weighted by molar-refractivity contribution is 0.151. The van der Waals surface area contributed by atoms with E-state index < -0.39 is 0 Å². The van der Waals surface area contributed by atoms with Crippen LogP contribution < -0.4 is 0 Å². The number of hydrogen-bond donors (Lipinski definition) is 0. The summed E-state index contributed by atoms with van der Waals surface area (Å²) in [6.07, 6.45) is 3.55. The number of ether oxygens (including phenoxy) is 1. The lowest BCUT2D eigenvalue weighted by atomic mass is 9.87. The Morgan fingerprint density at radius 3 is 2.88 bits per heavy atom. The van der Waals surface area contributed by atoms with Crippen LogP contribution in [0.2, 0.25) is 0 Å². The molecule has 92 valence electrons. The number of nitrogens with zero attached hydrogens (tertiary/aromatic N) is 3. The van der Waals surface area contributed by atoms with Crippen molar-refractivity contribution >= 4 is 0 Å². The molecule has 0 aromatic heterocycles. The van der Waals surface area contributed by atoms with Crippen molar-refractivity contribution in [2.45, 2.75) is 25.7 Å². The fourth-order valence-electron chi connectivity index (χ4n) is 2.90. The lowest BCUT2D eigenvalue weighted by Gasteiger charge is -2.23. The van der Waals surface area contributed by atoms with Crippen molar-refractivity contribution < 1.29 is 4.74 Å². The van der Waals surface area contributed by atoms with Crippen LogP contribution in [0.4, 0.5) is 0 Å². The Balaban J connectivity index is 1.80. The van der Waals surface area contributed by atoms with Crippen LogP contribution in [0.5, 0.6) is 0 Å². The Kier molecular flexibility index (Phi) is 3.99. The summed E-state index contributed by atoms with van der Waals surface area (Å²) in [6.45, 7) is 4.74. The van der Waals surface area contributed by atoms with Gasteiger partial charge in [-0.15, -0.1) is 0 Å². The molecule has 0 bridgehead atoms. The smallest absolute Gasteiger partial charge is 0.0669 e. The second-order valence-corrected chi connectivity index (χ2v) is 5.31. The highest BCUT2D eigenvalue weighted by Gasteiger charge is 2.41. The molecule has 0 unspecified atom stereocenters. The van der Waals surface area contributed by atoms with Crippen molar-refractivity contribution in [1.82, 2.24) is 4.90 Å². The quantitative estimate of drug-likeness (QED) is 0.739. The van der Waals surface area contributed by atoms with Crippen LogP contribution in [-0.2, 0) is 4.74 Å². The Hall–Kier alpha value is -1.10. The minimum absolute atomic E-state index is 0.00659. The van der Waals surface area contributed by atoms with Crippen LogP contribution in [0, 0.1) is 34.0 Å². The SMILES string of the molecule is N#CCC[C@@H](C#N)CN1CC[C@]2(CCOC2)C1. The second kappa shape index (κ2) is 5.49. The molecule has 0 aromatic carbocycles. The molecule has 0 aliphatic carbocycles. The fraction of sp³-hybridized carbons (Fsp3) is 0.846. The zero-order chi connectivity index (χ0) is 12.1. The highest BCUT2D eigenvalue weighted by molar-refractivity contribution is 4.95. The van der Waals surface area contributed by atoms with Crippen molar-refractivity contribution in [2.75, 3.05) is 32.8 Å². The summed E-state index contributed by atoms with van der Waals surface area (Å²) in [5.41, 5.74) is 0.370. The predicted molar refractivity (Wildman–Crippen MR) is 62.9 cm³/mol. The molecule has 17 heavy (non-hydrogen) atoms. The Morgan fingerprint density at radius 2 is 2.24 bits per heavy atom. The summed E-state index contributed by atoms with van der Waals surface area (Å²) in [6, 6.07) is 4.44. The van der Waals surface area contributed by atoms with Crippen LogP contribution in [0.3, 0.4) is 0 Å². The van der Waals surface area contributed by atoms with Crippen LogP contribution >= 0.6 is 0 Å². The summed E-state index contributed by atoms with van der Waals surface area (Å²) >= 11 is 0. The van der Waals surface area contributed by atoms with Gasteiger partial charge in [-0.05, 0) is 25.8 Å². The molecule has 0 aromatic rings. The third-order valence-corrected chi connectivity index (χ3v) is 3.97. The van der Waals surface area contributed by atoms with Gasteiger partial charge in [0.25, 0.3) is 0 Å². The molecule has 0 saturated carbocycles. The Morgan fingerprint density at radius 1 is 1.35 bits per heavy atom. The maximum absolute atomic E-state index is 9.06. The van der Waals surface area contributed by atoms with Crippen LogP contribution in [0.15, 0.2) is 0 Å². The molecule has 2 saturated heterocycles. The highest BCUT2D eigenvalue weighted by atomic mass is 16.5. The predicted octanol–water partition coefficient (Wildman–Crippen LogP) is 1.54. The van der Waals surface area contributed by atoms with Crippen molar-refractivity contribution in [3.05, 3.63) is 0 Å². The van der Waals surface area contributed by atoms with Gasteiger partial charge in [0.15, 0.2) is 0 Å². The van der Waals surface area contributed by atoms with E-state index in [-0.39, 0.29) is 5.92 Å². The lowest BCUT2D eigenvalue weighted by Crippen LogP contribution is -2.31. The number of hydrogen-bond acceptors (Lipinski definition) is 4. The molecule has 2 heterocycles. The van der Waals surface area contributed by atoms with Gasteiger partial charge in [0.1, 0.15) is 0 Å². The van der Waals surface area contributed by atoms with Gasteiger partial charge in [-0.2, -0.15) is 10.5 Å². The van der Waals surface area contributed by atoms with E-state index in [0.717, 1.165) is 32.8 Å². The van der Waals surface area contributed by atoms with E-state index >= 15 is 0 Å². The molecule has 2 rings (SSSR count). The van der Waals surface area contributed by atoms with Gasteiger partial charge in [-0.3, -0.25) is 0 Å². The molecular weight excluding hydrogens is 214 g/mol. The van der Waals surface area contributed by atoms with Crippen molar-refractivity contribution in [3.63, 3.8) is 0 Å². The molecule has 0 amide bonds. The van der Waals surface area contributed by atoms with E-state index in [1.165, 1.54) is 12.8 Å². The van der Waals surface area contributed by atoms with Crippen molar-refractivity contribution in [3.8, 4) is 12.1 Å². The summed E-state index contributed by atoms with van der Waals surface area (Å²) in [5.74, 6) is 0.00659. The first kappa shape index (κ1) is 12.4. The normalized spacial score (nSPS) is 30.2. The zero-order valence-electron chi connectivity index (χ0n) is 10.2. The molecule has 0 radical (unpaired) electrons. The van der Waals surface area contributed by atoms with Gasteiger partial charge >= 0.3 is 0 Å². The average Bonchev–Trinajstić information content (AvgIpc) is 2.96. The monoisotopic (exact) mass is 233 g/mol. The number of nitriles is 2. The van der Waals surface area contributed by atoms with Gasteiger partial charge in [0.05, 0.1) is 24.7 Å². The topological polar surface area (TPSA) is 60.0 Å². The molecule has 2 atom stereocenters. The second-order valence-electron chi connectivity index (χ2n) is 5.31. The summed E-state index contributed by atoms with van der Waals surface area (Å²) in [4.78, 5) is 2.37. The third kappa shape index (κ3) is 2.97. The maximum Gasteiger partial charge on any atom is 0.0669 e. The molecule has 2 fully saturated rings. The van der Waals surface area contributed by atoms with E-state index in [2.05, 4.69) is 17.0 Å². The van der Waals surface area contributed by atoms with E-state index in [4.69, 9.17) is 15.3 Å². The van der Waals surface area contributed by atoms with Crippen LogP contribution in [0.25, 0.3) is 0 Å². The van der Waals surface area contributed by atoms with E-state index in [0.29, 0.717) is 18.3 Å². The Labute approximate surface area is 103 Å². The van der Waals surface area contributed by atoms with Gasteiger partial charge < -0.3 is 9.64 Å². The highest BCUT2D eigenvalue weighted by Crippen LogP contribution is 2.38. The molecule has 4 heteroatoms. The molecular formula is C13H19N3O. The van der Waals surface area contributed by atoms with Gasteiger partial charge in [-0.1, -0.05) is 0 Å². The third-order valence-electron chi connectivity index (χ3n) is 3.97. The van der Waals surface area contributed by atoms with Crippen molar-refractivity contribution in [2.24, 2.45) is 11.3 Å².